The van der Waals surface area contributed by atoms with Crippen LogP contribution in [0.15, 0.2) is 16.7 Å². The van der Waals surface area contributed by atoms with Crippen LogP contribution in [-0.4, -0.2) is 24.0 Å². The molecular weight excluding hydrogens is 222 g/mol. The zero-order chi connectivity index (χ0) is 10.6. The van der Waals surface area contributed by atoms with Crippen molar-refractivity contribution in [3.63, 3.8) is 0 Å². The molecule has 1 unspecified atom stereocenters. The van der Waals surface area contributed by atoms with Crippen molar-refractivity contribution < 1.29 is 9.21 Å². The van der Waals surface area contributed by atoms with E-state index in [1.807, 2.05) is 13.2 Å². The maximum absolute atomic E-state index is 11.5. The highest BCUT2D eigenvalue weighted by atomic mass is 35.5. The fourth-order valence-corrected chi connectivity index (χ4v) is 1.32. The molecule has 1 N–H and O–H groups in total. The Morgan fingerprint density at radius 1 is 1.79 bits per heavy atom. The van der Waals surface area contributed by atoms with Crippen LogP contribution in [0.3, 0.4) is 0 Å². The van der Waals surface area contributed by atoms with E-state index in [0.717, 1.165) is 0 Å². The molecule has 0 aliphatic rings. The Morgan fingerprint density at radius 2 is 2.50 bits per heavy atom. The quantitative estimate of drug-likeness (QED) is 0.869. The smallest absolute Gasteiger partial charge is 0.256 e. The van der Waals surface area contributed by atoms with E-state index in [0.29, 0.717) is 17.4 Å². The van der Waals surface area contributed by atoms with Gasteiger partial charge in [-0.2, -0.15) is 11.8 Å². The molecule has 14 heavy (non-hydrogen) atoms. The first kappa shape index (κ1) is 11.5. The minimum Gasteiger partial charge on any atom is -0.452 e. The molecule has 1 aromatic heterocycles. The number of halogens is 1. The molecule has 0 aromatic carbocycles. The van der Waals surface area contributed by atoms with Crippen molar-refractivity contribution in [1.29, 1.82) is 0 Å². The average molecular weight is 234 g/mol. The maximum Gasteiger partial charge on any atom is 0.256 e. The molecule has 0 spiro atoms. The van der Waals surface area contributed by atoms with Crippen molar-refractivity contribution in [2.45, 2.75) is 12.2 Å². The Kier molecular flexibility index (Phi) is 4.35. The van der Waals surface area contributed by atoms with Gasteiger partial charge in [0.05, 0.1) is 11.8 Å². The highest BCUT2D eigenvalue weighted by Gasteiger charge is 2.12. The van der Waals surface area contributed by atoms with Gasteiger partial charge in [0.25, 0.3) is 5.91 Å². The normalized spacial score (nSPS) is 12.5. The summed E-state index contributed by atoms with van der Waals surface area (Å²) in [5.41, 5.74) is 0.389. The number of nitrogens with one attached hydrogen (secondary N) is 1. The Bertz CT molecular complexity index is 314. The second kappa shape index (κ2) is 5.32. The maximum atomic E-state index is 11.5. The van der Waals surface area contributed by atoms with Crippen LogP contribution in [0.5, 0.6) is 0 Å². The van der Waals surface area contributed by atoms with Crippen LogP contribution in [0, 0.1) is 0 Å². The summed E-state index contributed by atoms with van der Waals surface area (Å²) in [5, 5.41) is 3.30. The second-order valence-corrected chi connectivity index (χ2v) is 4.48. The van der Waals surface area contributed by atoms with Crippen molar-refractivity contribution in [3.05, 3.63) is 23.1 Å². The van der Waals surface area contributed by atoms with Gasteiger partial charge >= 0.3 is 0 Å². The molecule has 0 fully saturated rings. The number of hydrogen-bond donors (Lipinski definition) is 1. The van der Waals surface area contributed by atoms with Gasteiger partial charge < -0.3 is 9.73 Å². The van der Waals surface area contributed by atoms with Gasteiger partial charge in [-0.1, -0.05) is 6.92 Å². The monoisotopic (exact) mass is 233 g/mol. The molecule has 0 aliphatic heterocycles. The van der Waals surface area contributed by atoms with E-state index in [-0.39, 0.29) is 11.1 Å². The third-order valence-electron chi connectivity index (χ3n) is 1.82. The summed E-state index contributed by atoms with van der Waals surface area (Å²) in [6, 6.07) is 1.56. The van der Waals surface area contributed by atoms with E-state index in [1.165, 1.54) is 6.26 Å². The van der Waals surface area contributed by atoms with Gasteiger partial charge in [-0.15, -0.1) is 0 Å². The Balaban J connectivity index is 2.47. The van der Waals surface area contributed by atoms with Crippen LogP contribution in [0.2, 0.25) is 5.22 Å². The predicted molar refractivity (Wildman–Crippen MR) is 59.0 cm³/mol. The number of carbonyl (C=O) groups excluding carboxylic acids is 1. The van der Waals surface area contributed by atoms with Crippen molar-refractivity contribution in [3.8, 4) is 0 Å². The van der Waals surface area contributed by atoms with Crippen LogP contribution >= 0.6 is 23.4 Å². The van der Waals surface area contributed by atoms with Crippen LogP contribution in [-0.2, 0) is 0 Å². The van der Waals surface area contributed by atoms with E-state index in [1.54, 1.807) is 17.8 Å². The number of amides is 1. The molecule has 1 atom stereocenters. The van der Waals surface area contributed by atoms with Gasteiger partial charge in [-0.25, -0.2) is 0 Å². The Labute approximate surface area is 92.2 Å². The summed E-state index contributed by atoms with van der Waals surface area (Å²) < 4.78 is 4.82. The molecule has 1 amide bonds. The fraction of sp³-hybridized carbons (Fsp3) is 0.444. The van der Waals surface area contributed by atoms with Crippen molar-refractivity contribution in [2.24, 2.45) is 0 Å². The van der Waals surface area contributed by atoms with E-state index in [2.05, 4.69) is 5.32 Å². The van der Waals surface area contributed by atoms with Crippen LogP contribution in [0.25, 0.3) is 0 Å². The third-order valence-corrected chi connectivity index (χ3v) is 3.08. The number of carbonyl (C=O) groups is 1. The largest absolute Gasteiger partial charge is 0.452 e. The van der Waals surface area contributed by atoms with E-state index >= 15 is 0 Å². The van der Waals surface area contributed by atoms with Crippen LogP contribution < -0.4 is 5.32 Å². The standard InChI is InChI=1S/C9H12ClNO2S/c1-6(14-2)5-11-9(12)7-3-4-13-8(7)10/h3-4,6H,5H2,1-2H3,(H,11,12). The molecule has 3 nitrogen and oxygen atoms in total. The van der Waals surface area contributed by atoms with Gasteiger partial charge in [0.2, 0.25) is 5.22 Å². The summed E-state index contributed by atoms with van der Waals surface area (Å²) in [6.45, 7) is 2.67. The van der Waals surface area contributed by atoms with Gasteiger partial charge in [-0.05, 0) is 23.9 Å². The predicted octanol–water partition coefficient (Wildman–Crippen LogP) is 2.41. The third kappa shape index (κ3) is 2.96. The lowest BCUT2D eigenvalue weighted by Gasteiger charge is -2.08. The number of hydrogen-bond acceptors (Lipinski definition) is 3. The van der Waals surface area contributed by atoms with Gasteiger partial charge in [0.15, 0.2) is 0 Å². The minimum atomic E-state index is -0.190. The van der Waals surface area contributed by atoms with E-state index < -0.39 is 0 Å². The molecule has 0 radical (unpaired) electrons. The summed E-state index contributed by atoms with van der Waals surface area (Å²) in [5.74, 6) is -0.190. The highest BCUT2D eigenvalue weighted by Crippen LogP contribution is 2.16. The van der Waals surface area contributed by atoms with Gasteiger partial charge in [0, 0.05) is 11.8 Å². The molecule has 0 saturated carbocycles. The molecule has 0 saturated heterocycles. The van der Waals surface area contributed by atoms with Crippen LogP contribution in [0.4, 0.5) is 0 Å². The zero-order valence-electron chi connectivity index (χ0n) is 8.04. The lowest BCUT2D eigenvalue weighted by molar-refractivity contribution is 0.0953. The molecule has 0 bridgehead atoms. The van der Waals surface area contributed by atoms with Gasteiger partial charge in [0.1, 0.15) is 0 Å². The van der Waals surface area contributed by atoms with Crippen LogP contribution in [0.1, 0.15) is 17.3 Å². The molecule has 1 aromatic rings. The summed E-state index contributed by atoms with van der Waals surface area (Å²) in [7, 11) is 0. The molecule has 0 aliphatic carbocycles. The minimum absolute atomic E-state index is 0.138. The number of rotatable bonds is 4. The molecular formula is C9H12ClNO2S. The highest BCUT2D eigenvalue weighted by molar-refractivity contribution is 7.99. The summed E-state index contributed by atoms with van der Waals surface area (Å²) in [6.07, 6.45) is 3.40. The van der Waals surface area contributed by atoms with Crippen molar-refractivity contribution >= 4 is 29.3 Å². The fourth-order valence-electron chi connectivity index (χ4n) is 0.871. The first-order chi connectivity index (χ1) is 6.65. The van der Waals surface area contributed by atoms with E-state index in [9.17, 15) is 4.79 Å². The lowest BCUT2D eigenvalue weighted by atomic mass is 10.3. The molecule has 1 rings (SSSR count). The first-order valence-corrected chi connectivity index (χ1v) is 5.85. The van der Waals surface area contributed by atoms with E-state index in [4.69, 9.17) is 16.0 Å². The summed E-state index contributed by atoms with van der Waals surface area (Å²) >= 11 is 7.35. The zero-order valence-corrected chi connectivity index (χ0v) is 9.61. The molecule has 78 valence electrons. The van der Waals surface area contributed by atoms with Crippen molar-refractivity contribution in [1.82, 2.24) is 5.32 Å². The van der Waals surface area contributed by atoms with Gasteiger partial charge in [-0.3, -0.25) is 4.79 Å². The van der Waals surface area contributed by atoms with Crippen molar-refractivity contribution in [2.75, 3.05) is 12.8 Å². The lowest BCUT2D eigenvalue weighted by Crippen LogP contribution is -2.29. The summed E-state index contributed by atoms with van der Waals surface area (Å²) in [4.78, 5) is 11.5. The first-order valence-electron chi connectivity index (χ1n) is 4.19. The second-order valence-electron chi connectivity index (χ2n) is 2.86. The number of thioether (sulfide) groups is 1. The molecule has 5 heteroatoms. The Hall–Kier alpha value is -0.610. The molecule has 1 heterocycles. The Morgan fingerprint density at radius 3 is 3.00 bits per heavy atom. The average Bonchev–Trinajstić information content (AvgIpc) is 2.60. The topological polar surface area (TPSA) is 42.2 Å². The SMILES string of the molecule is CSC(C)CNC(=O)c1ccoc1Cl. The number of furan rings is 1.